The number of benzene rings is 2. The highest BCUT2D eigenvalue weighted by Gasteiger charge is 2.45. The minimum Gasteiger partial charge on any atom is -0.493 e. The molecule has 6 rings (SSSR count). The van der Waals surface area contributed by atoms with Gasteiger partial charge in [0.15, 0.2) is 17.3 Å². The van der Waals surface area contributed by atoms with Crippen molar-refractivity contribution in [1.82, 2.24) is 15.0 Å². The summed E-state index contributed by atoms with van der Waals surface area (Å²) >= 11 is 0. The molecular formula is C28H27FN5O2+. The number of nitrogens with one attached hydrogen (secondary N) is 1. The molecule has 1 saturated carbocycles. The molecule has 182 valence electrons. The van der Waals surface area contributed by atoms with E-state index in [0.29, 0.717) is 58.9 Å². The lowest BCUT2D eigenvalue weighted by atomic mass is 9.72. The number of rotatable bonds is 5. The van der Waals surface area contributed by atoms with Crippen molar-refractivity contribution in [2.24, 2.45) is 0 Å². The van der Waals surface area contributed by atoms with E-state index in [1.165, 1.54) is 0 Å². The number of ether oxygens (including phenoxy) is 1. The standard InChI is InChI=1S/C28H26FN5O2/c1-3-36-21-13-20(16-7-5-4-6-8-16)32-23-18(21)9-10-19(22(23)29)24-25-26(30)31-11-12-34(25)27(33-24)17-14-28(2,35)15-17/h4-13,17,35H,3,14-15H2,1-2H3,(H2,30,31)/p+1. The average Bonchev–Trinajstić information content (AvgIpc) is 3.24. The number of anilines is 1. The number of aromatic amines is 1. The van der Waals surface area contributed by atoms with Gasteiger partial charge in [-0.1, -0.05) is 30.3 Å². The number of halogens is 1. The molecule has 5 aromatic rings. The summed E-state index contributed by atoms with van der Waals surface area (Å²) in [6.45, 7) is 4.17. The predicted molar refractivity (Wildman–Crippen MR) is 136 cm³/mol. The van der Waals surface area contributed by atoms with Crippen LogP contribution in [0.3, 0.4) is 0 Å². The van der Waals surface area contributed by atoms with Crippen LogP contribution in [0.1, 0.15) is 38.4 Å². The summed E-state index contributed by atoms with van der Waals surface area (Å²) in [6.07, 6.45) is 4.65. The number of fused-ring (bicyclic) bond motifs is 2. The molecule has 0 aliphatic heterocycles. The molecule has 36 heavy (non-hydrogen) atoms. The van der Waals surface area contributed by atoms with Gasteiger partial charge in [-0.2, -0.15) is 4.40 Å². The molecule has 1 fully saturated rings. The molecule has 3 aromatic heterocycles. The molecule has 0 unspecified atom stereocenters. The lowest BCUT2D eigenvalue weighted by Gasteiger charge is -2.38. The van der Waals surface area contributed by atoms with Crippen molar-refractivity contribution in [3.63, 3.8) is 0 Å². The van der Waals surface area contributed by atoms with E-state index in [-0.39, 0.29) is 11.4 Å². The minimum atomic E-state index is -0.705. The Balaban J connectivity index is 1.58. The maximum Gasteiger partial charge on any atom is 0.263 e. The number of H-pyrrole nitrogens is 1. The third-order valence-electron chi connectivity index (χ3n) is 6.94. The lowest BCUT2D eigenvalue weighted by molar-refractivity contribution is -0.525. The number of hydrogen-bond donors (Lipinski definition) is 3. The van der Waals surface area contributed by atoms with Crippen LogP contribution in [0, 0.1) is 5.82 Å². The Kier molecular flexibility index (Phi) is 5.15. The van der Waals surface area contributed by atoms with E-state index < -0.39 is 11.4 Å². The first-order chi connectivity index (χ1) is 17.4. The van der Waals surface area contributed by atoms with E-state index in [9.17, 15) is 5.11 Å². The van der Waals surface area contributed by atoms with E-state index >= 15 is 4.39 Å². The summed E-state index contributed by atoms with van der Waals surface area (Å²) in [5, 5.41) is 10.9. The summed E-state index contributed by atoms with van der Waals surface area (Å²) in [5.41, 5.74) is 8.79. The summed E-state index contributed by atoms with van der Waals surface area (Å²) in [6, 6.07) is 15.1. The third-order valence-corrected chi connectivity index (χ3v) is 6.94. The van der Waals surface area contributed by atoms with Crippen LogP contribution in [0.25, 0.3) is 38.9 Å². The van der Waals surface area contributed by atoms with Crippen LogP contribution in [0.5, 0.6) is 5.75 Å². The Hall–Kier alpha value is -4.04. The van der Waals surface area contributed by atoms with Crippen molar-refractivity contribution in [3.05, 3.63) is 72.6 Å². The molecule has 0 bridgehead atoms. The number of nitrogens with zero attached hydrogens (tertiary/aromatic N) is 3. The number of imidazole rings is 1. The van der Waals surface area contributed by atoms with Crippen LogP contribution in [0.4, 0.5) is 10.2 Å². The van der Waals surface area contributed by atoms with E-state index in [1.807, 2.05) is 66.9 Å². The molecule has 2 aromatic carbocycles. The number of hydrogen-bond acceptors (Lipinski definition) is 5. The zero-order valence-corrected chi connectivity index (χ0v) is 20.1. The zero-order valence-electron chi connectivity index (χ0n) is 20.1. The monoisotopic (exact) mass is 484 g/mol. The molecule has 4 N–H and O–H groups in total. The van der Waals surface area contributed by atoms with Gasteiger partial charge in [-0.15, -0.1) is 0 Å². The van der Waals surface area contributed by atoms with Crippen molar-refractivity contribution < 1.29 is 18.6 Å². The molecule has 1 aliphatic rings. The molecular weight excluding hydrogens is 457 g/mol. The Morgan fingerprint density at radius 1 is 1.22 bits per heavy atom. The van der Waals surface area contributed by atoms with E-state index in [2.05, 4.69) is 9.97 Å². The second-order valence-corrected chi connectivity index (χ2v) is 9.65. The summed E-state index contributed by atoms with van der Waals surface area (Å²) in [7, 11) is 0. The van der Waals surface area contributed by atoms with Gasteiger partial charge in [0, 0.05) is 17.0 Å². The number of nitrogens with two attached hydrogens (primary N) is 1. The molecule has 8 heteroatoms. The summed E-state index contributed by atoms with van der Waals surface area (Å²) < 4.78 is 24.1. The van der Waals surface area contributed by atoms with Crippen LogP contribution >= 0.6 is 0 Å². The zero-order chi connectivity index (χ0) is 25.0. The van der Waals surface area contributed by atoms with Crippen LogP contribution in [-0.2, 0) is 0 Å². The second-order valence-electron chi connectivity index (χ2n) is 9.65. The van der Waals surface area contributed by atoms with Crippen molar-refractivity contribution in [1.29, 1.82) is 0 Å². The Labute approximate surface area is 207 Å². The van der Waals surface area contributed by atoms with Gasteiger partial charge in [0.1, 0.15) is 17.5 Å². The first-order valence-corrected chi connectivity index (χ1v) is 12.1. The van der Waals surface area contributed by atoms with Gasteiger partial charge in [0.25, 0.3) is 5.82 Å². The highest BCUT2D eigenvalue weighted by molar-refractivity contribution is 5.94. The van der Waals surface area contributed by atoms with Gasteiger partial charge in [-0.3, -0.25) is 0 Å². The Bertz CT molecular complexity index is 1610. The van der Waals surface area contributed by atoms with Crippen molar-refractivity contribution >= 4 is 22.2 Å². The van der Waals surface area contributed by atoms with Gasteiger partial charge in [-0.05, 0) is 38.8 Å². The van der Waals surface area contributed by atoms with E-state index in [0.717, 1.165) is 11.4 Å². The number of pyridine rings is 1. The molecule has 0 saturated heterocycles. The number of aromatic nitrogens is 4. The first-order valence-electron chi connectivity index (χ1n) is 12.1. The smallest absolute Gasteiger partial charge is 0.263 e. The van der Waals surface area contributed by atoms with Crippen molar-refractivity contribution in [2.45, 2.75) is 38.2 Å². The van der Waals surface area contributed by atoms with Crippen LogP contribution < -0.4 is 14.9 Å². The first kappa shape index (κ1) is 22.4. The van der Waals surface area contributed by atoms with Crippen LogP contribution in [0.15, 0.2) is 60.9 Å². The molecule has 0 spiro atoms. The fourth-order valence-corrected chi connectivity index (χ4v) is 5.28. The molecule has 0 atom stereocenters. The van der Waals surface area contributed by atoms with E-state index in [4.69, 9.17) is 15.5 Å². The Morgan fingerprint density at radius 2 is 2.00 bits per heavy atom. The maximum atomic E-state index is 16.3. The lowest BCUT2D eigenvalue weighted by Crippen LogP contribution is -2.43. The fraction of sp³-hybridized carbons (Fsp3) is 0.250. The Morgan fingerprint density at radius 3 is 2.72 bits per heavy atom. The van der Waals surface area contributed by atoms with Gasteiger partial charge in [0.2, 0.25) is 5.52 Å². The van der Waals surface area contributed by atoms with Crippen molar-refractivity contribution in [3.8, 4) is 28.3 Å². The fourth-order valence-electron chi connectivity index (χ4n) is 5.28. The summed E-state index contributed by atoms with van der Waals surface area (Å²) in [4.78, 5) is 12.4. The number of nitrogen functional groups attached to an aromatic ring is 1. The SMILES string of the molecule is CCOc1cc(-c2ccccc2)nc2c(F)c(-c3[nH]c(C4CC(C)(O)C4)[n+]4ccnc(N)c34)ccc12. The molecule has 7 nitrogen and oxygen atoms in total. The number of aliphatic hydroxyl groups is 1. The normalized spacial score (nSPS) is 19.5. The van der Waals surface area contributed by atoms with Gasteiger partial charge >= 0.3 is 0 Å². The summed E-state index contributed by atoms with van der Waals surface area (Å²) in [5.74, 6) is 1.36. The average molecular weight is 485 g/mol. The molecule has 0 radical (unpaired) electrons. The largest absolute Gasteiger partial charge is 0.493 e. The van der Waals surface area contributed by atoms with E-state index in [1.54, 1.807) is 12.3 Å². The van der Waals surface area contributed by atoms with Crippen LogP contribution in [-0.4, -0.2) is 32.3 Å². The third kappa shape index (κ3) is 3.56. The second kappa shape index (κ2) is 8.27. The minimum absolute atomic E-state index is 0.0962. The molecule has 3 heterocycles. The van der Waals surface area contributed by atoms with Gasteiger partial charge in [-0.25, -0.2) is 19.3 Å². The molecule has 1 aliphatic carbocycles. The highest BCUT2D eigenvalue weighted by atomic mass is 19.1. The maximum absolute atomic E-state index is 16.3. The predicted octanol–water partition coefficient (Wildman–Crippen LogP) is 4.78. The van der Waals surface area contributed by atoms with Crippen molar-refractivity contribution in [2.75, 3.05) is 12.3 Å². The highest BCUT2D eigenvalue weighted by Crippen LogP contribution is 2.44. The van der Waals surface area contributed by atoms with Gasteiger partial charge in [0.05, 0.1) is 35.6 Å². The van der Waals surface area contributed by atoms with Gasteiger partial charge < -0.3 is 15.6 Å². The molecule has 0 amide bonds. The van der Waals surface area contributed by atoms with Crippen LogP contribution in [0.2, 0.25) is 0 Å². The topological polar surface area (TPSA) is 101 Å². The quantitative estimate of drug-likeness (QED) is 0.312.